The summed E-state index contributed by atoms with van der Waals surface area (Å²) in [5.41, 5.74) is 17.0. The number of rotatable bonds is 7. The number of thiophene rings is 1. The number of nitrogens with two attached hydrogens (primary N) is 2. The molecule has 4 N–H and O–H groups in total. The Morgan fingerprint density at radius 2 is 1.96 bits per heavy atom. The van der Waals surface area contributed by atoms with Gasteiger partial charge in [-0.05, 0) is 36.8 Å². The third-order valence-electron chi connectivity index (χ3n) is 5.69. The quantitative estimate of drug-likeness (QED) is 0.631. The van der Waals surface area contributed by atoms with Gasteiger partial charge in [0, 0.05) is 21.6 Å². The SMILES string of the molecule is C=C(N)c1c(N)sc2c1CCC(CCCCCC)(c1ccccc1)C2. The Balaban J connectivity index is 1.92. The van der Waals surface area contributed by atoms with E-state index in [1.807, 2.05) is 0 Å². The molecule has 0 spiro atoms. The zero-order chi connectivity index (χ0) is 17.9. The molecule has 0 bridgehead atoms. The van der Waals surface area contributed by atoms with E-state index in [0.717, 1.165) is 23.4 Å². The predicted molar refractivity (Wildman–Crippen MR) is 111 cm³/mol. The van der Waals surface area contributed by atoms with Gasteiger partial charge in [-0.25, -0.2) is 0 Å². The van der Waals surface area contributed by atoms with E-state index in [4.69, 9.17) is 11.5 Å². The zero-order valence-corrected chi connectivity index (χ0v) is 16.1. The first-order valence-electron chi connectivity index (χ1n) is 9.47. The van der Waals surface area contributed by atoms with Crippen LogP contribution in [0, 0.1) is 0 Å². The molecule has 1 heterocycles. The van der Waals surface area contributed by atoms with Crippen LogP contribution >= 0.6 is 11.3 Å². The van der Waals surface area contributed by atoms with E-state index in [0.29, 0.717) is 5.70 Å². The summed E-state index contributed by atoms with van der Waals surface area (Å²) in [6.07, 6.45) is 9.81. The van der Waals surface area contributed by atoms with Crippen LogP contribution in [0.5, 0.6) is 0 Å². The molecule has 0 saturated carbocycles. The number of benzene rings is 1. The molecule has 3 rings (SSSR count). The Hall–Kier alpha value is -1.74. The summed E-state index contributed by atoms with van der Waals surface area (Å²) in [4.78, 5) is 1.42. The van der Waals surface area contributed by atoms with Crippen molar-refractivity contribution in [1.29, 1.82) is 0 Å². The lowest BCUT2D eigenvalue weighted by molar-refractivity contribution is 0.332. The third-order valence-corrected chi connectivity index (χ3v) is 6.75. The average Bonchev–Trinajstić information content (AvgIpc) is 2.94. The van der Waals surface area contributed by atoms with Crippen molar-refractivity contribution in [2.75, 3.05) is 5.73 Å². The van der Waals surface area contributed by atoms with Crippen LogP contribution in [-0.4, -0.2) is 0 Å². The summed E-state index contributed by atoms with van der Waals surface area (Å²) < 4.78 is 0. The summed E-state index contributed by atoms with van der Waals surface area (Å²) in [6, 6.07) is 11.1. The molecule has 1 aliphatic carbocycles. The van der Waals surface area contributed by atoms with Gasteiger partial charge in [0.1, 0.15) is 0 Å². The molecule has 134 valence electrons. The van der Waals surface area contributed by atoms with Crippen molar-refractivity contribution < 1.29 is 0 Å². The number of fused-ring (bicyclic) bond motifs is 1. The van der Waals surface area contributed by atoms with Crippen LogP contribution in [0.1, 0.15) is 67.0 Å². The van der Waals surface area contributed by atoms with E-state index < -0.39 is 0 Å². The number of anilines is 1. The molecule has 2 aromatic rings. The van der Waals surface area contributed by atoms with Gasteiger partial charge < -0.3 is 11.5 Å². The molecule has 0 saturated heterocycles. The second kappa shape index (κ2) is 7.65. The largest absolute Gasteiger partial charge is 0.399 e. The molecule has 1 atom stereocenters. The van der Waals surface area contributed by atoms with E-state index in [1.165, 1.54) is 54.5 Å². The van der Waals surface area contributed by atoms with Crippen LogP contribution in [0.3, 0.4) is 0 Å². The molecule has 25 heavy (non-hydrogen) atoms. The third kappa shape index (κ3) is 3.62. The normalized spacial score (nSPS) is 19.6. The van der Waals surface area contributed by atoms with Gasteiger partial charge in [0.05, 0.1) is 5.00 Å². The summed E-state index contributed by atoms with van der Waals surface area (Å²) in [5.74, 6) is 0. The first kappa shape index (κ1) is 18.1. The Labute approximate surface area is 155 Å². The average molecular weight is 355 g/mol. The van der Waals surface area contributed by atoms with Crippen LogP contribution in [0.4, 0.5) is 5.00 Å². The maximum Gasteiger partial charge on any atom is 0.0956 e. The van der Waals surface area contributed by atoms with Gasteiger partial charge >= 0.3 is 0 Å². The molecule has 1 unspecified atom stereocenters. The van der Waals surface area contributed by atoms with Crippen molar-refractivity contribution in [2.24, 2.45) is 5.73 Å². The number of unbranched alkanes of at least 4 members (excludes halogenated alkanes) is 3. The maximum atomic E-state index is 6.27. The second-order valence-electron chi connectivity index (χ2n) is 7.40. The first-order valence-corrected chi connectivity index (χ1v) is 10.3. The van der Waals surface area contributed by atoms with Gasteiger partial charge in [-0.15, -0.1) is 11.3 Å². The van der Waals surface area contributed by atoms with Crippen molar-refractivity contribution in [3.8, 4) is 0 Å². The fourth-order valence-corrected chi connectivity index (χ4v) is 5.64. The summed E-state index contributed by atoms with van der Waals surface area (Å²) in [7, 11) is 0. The summed E-state index contributed by atoms with van der Waals surface area (Å²) in [6.45, 7) is 6.21. The number of hydrogen-bond donors (Lipinski definition) is 2. The standard InChI is InChI=1S/C22H30N2S/c1-3-4-5-9-13-22(17-10-7-6-8-11-17)14-12-18-19(15-22)25-21(24)20(18)16(2)23/h6-8,10-11H,2-5,9,12-15,23-24H2,1H3. The Morgan fingerprint density at radius 1 is 1.20 bits per heavy atom. The molecular formula is C22H30N2S. The lowest BCUT2D eigenvalue weighted by atomic mass is 9.66. The highest BCUT2D eigenvalue weighted by molar-refractivity contribution is 7.16. The Bertz CT molecular complexity index is 732. The molecule has 1 aliphatic rings. The summed E-state index contributed by atoms with van der Waals surface area (Å²) >= 11 is 1.72. The topological polar surface area (TPSA) is 52.0 Å². The van der Waals surface area contributed by atoms with E-state index in [1.54, 1.807) is 11.3 Å². The molecule has 0 radical (unpaired) electrons. The van der Waals surface area contributed by atoms with Crippen molar-refractivity contribution in [3.63, 3.8) is 0 Å². The van der Waals surface area contributed by atoms with Crippen LogP contribution < -0.4 is 11.5 Å². The second-order valence-corrected chi connectivity index (χ2v) is 8.54. The van der Waals surface area contributed by atoms with Gasteiger partial charge in [-0.1, -0.05) is 69.5 Å². The Morgan fingerprint density at radius 3 is 2.64 bits per heavy atom. The first-order chi connectivity index (χ1) is 12.1. The van der Waals surface area contributed by atoms with Crippen LogP contribution in [-0.2, 0) is 18.3 Å². The van der Waals surface area contributed by atoms with Crippen molar-refractivity contribution in [3.05, 3.63) is 58.5 Å². The molecule has 0 aliphatic heterocycles. The molecule has 2 nitrogen and oxygen atoms in total. The molecular weight excluding hydrogens is 324 g/mol. The number of hydrogen-bond acceptors (Lipinski definition) is 3. The number of nitrogen functional groups attached to an aromatic ring is 1. The van der Waals surface area contributed by atoms with Gasteiger partial charge in [-0.2, -0.15) is 0 Å². The van der Waals surface area contributed by atoms with Gasteiger partial charge in [0.15, 0.2) is 0 Å². The summed E-state index contributed by atoms with van der Waals surface area (Å²) in [5, 5.41) is 0.840. The molecule has 1 aromatic heterocycles. The highest BCUT2D eigenvalue weighted by Crippen LogP contribution is 2.47. The van der Waals surface area contributed by atoms with Crippen LogP contribution in [0.2, 0.25) is 0 Å². The van der Waals surface area contributed by atoms with Gasteiger partial charge in [0.2, 0.25) is 0 Å². The Kier molecular flexibility index (Phi) is 5.53. The van der Waals surface area contributed by atoms with E-state index in [2.05, 4.69) is 43.8 Å². The smallest absolute Gasteiger partial charge is 0.0956 e. The van der Waals surface area contributed by atoms with Crippen molar-refractivity contribution in [1.82, 2.24) is 0 Å². The fourth-order valence-electron chi connectivity index (χ4n) is 4.34. The highest BCUT2D eigenvalue weighted by atomic mass is 32.1. The van der Waals surface area contributed by atoms with Gasteiger partial charge in [-0.3, -0.25) is 0 Å². The minimum atomic E-state index is 0.243. The van der Waals surface area contributed by atoms with Crippen LogP contribution in [0.25, 0.3) is 5.70 Å². The lowest BCUT2D eigenvalue weighted by Crippen LogP contribution is -2.33. The highest BCUT2D eigenvalue weighted by Gasteiger charge is 2.38. The van der Waals surface area contributed by atoms with Crippen LogP contribution in [0.15, 0.2) is 36.9 Å². The van der Waals surface area contributed by atoms with E-state index in [-0.39, 0.29) is 5.41 Å². The molecule has 0 amide bonds. The zero-order valence-electron chi connectivity index (χ0n) is 15.3. The molecule has 1 aromatic carbocycles. The van der Waals surface area contributed by atoms with Gasteiger partial charge in [0.25, 0.3) is 0 Å². The maximum absolute atomic E-state index is 6.27. The van der Waals surface area contributed by atoms with Crippen molar-refractivity contribution in [2.45, 2.75) is 63.7 Å². The lowest BCUT2D eigenvalue weighted by Gasteiger charge is -2.38. The fraction of sp³-hybridized carbons (Fsp3) is 0.455. The van der Waals surface area contributed by atoms with E-state index >= 15 is 0 Å². The van der Waals surface area contributed by atoms with E-state index in [9.17, 15) is 0 Å². The monoisotopic (exact) mass is 354 g/mol. The molecule has 0 fully saturated rings. The minimum Gasteiger partial charge on any atom is -0.399 e. The minimum absolute atomic E-state index is 0.243. The predicted octanol–water partition coefficient (Wildman–Crippen LogP) is 5.66. The molecule has 3 heteroatoms. The van der Waals surface area contributed by atoms with Crippen molar-refractivity contribution >= 4 is 22.0 Å².